The Kier molecular flexibility index (Phi) is 3.31. The average Bonchev–Trinajstić information content (AvgIpc) is 2.86. The van der Waals surface area contributed by atoms with Gasteiger partial charge >= 0.3 is 0 Å². The Labute approximate surface area is 122 Å². The SMILES string of the molecule is COc1ccccc1NC(=O)c1nc(C)n2ccccc12. The van der Waals surface area contributed by atoms with E-state index in [0.717, 1.165) is 11.3 Å². The minimum Gasteiger partial charge on any atom is -0.495 e. The first-order chi connectivity index (χ1) is 10.2. The summed E-state index contributed by atoms with van der Waals surface area (Å²) in [5.41, 5.74) is 1.81. The number of carbonyl (C=O) groups is 1. The number of amides is 1. The summed E-state index contributed by atoms with van der Waals surface area (Å²) in [4.78, 5) is 16.8. The molecule has 21 heavy (non-hydrogen) atoms. The molecule has 0 atom stereocenters. The van der Waals surface area contributed by atoms with E-state index in [9.17, 15) is 4.79 Å². The second-order valence-corrected chi connectivity index (χ2v) is 4.62. The fourth-order valence-electron chi connectivity index (χ4n) is 2.29. The lowest BCUT2D eigenvalue weighted by Gasteiger charge is -2.08. The van der Waals surface area contributed by atoms with Crippen LogP contribution in [0.1, 0.15) is 16.3 Å². The highest BCUT2D eigenvalue weighted by atomic mass is 16.5. The first-order valence-corrected chi connectivity index (χ1v) is 6.59. The van der Waals surface area contributed by atoms with Crippen LogP contribution in [0.2, 0.25) is 0 Å². The van der Waals surface area contributed by atoms with E-state index < -0.39 is 0 Å². The Hall–Kier alpha value is -2.82. The van der Waals surface area contributed by atoms with Crippen LogP contribution in [0.4, 0.5) is 5.69 Å². The molecule has 106 valence electrons. The number of aryl methyl sites for hydroxylation is 1. The topological polar surface area (TPSA) is 55.6 Å². The van der Waals surface area contributed by atoms with Crippen LogP contribution in [0.5, 0.6) is 5.75 Å². The lowest BCUT2D eigenvalue weighted by atomic mass is 10.2. The number of methoxy groups -OCH3 is 1. The third-order valence-electron chi connectivity index (χ3n) is 3.29. The van der Waals surface area contributed by atoms with Crippen molar-refractivity contribution >= 4 is 17.1 Å². The third-order valence-corrected chi connectivity index (χ3v) is 3.29. The zero-order valence-electron chi connectivity index (χ0n) is 11.8. The molecule has 2 heterocycles. The summed E-state index contributed by atoms with van der Waals surface area (Å²) >= 11 is 0. The molecule has 1 amide bonds. The van der Waals surface area contributed by atoms with Crippen molar-refractivity contribution in [3.63, 3.8) is 0 Å². The summed E-state index contributed by atoms with van der Waals surface area (Å²) in [5, 5.41) is 2.84. The van der Waals surface area contributed by atoms with Gasteiger partial charge in [-0.3, -0.25) is 4.79 Å². The summed E-state index contributed by atoms with van der Waals surface area (Å²) in [6, 6.07) is 12.9. The van der Waals surface area contributed by atoms with Crippen LogP contribution in [0, 0.1) is 6.92 Å². The maximum absolute atomic E-state index is 12.5. The number of aromatic nitrogens is 2. The van der Waals surface area contributed by atoms with Crippen molar-refractivity contribution in [3.05, 3.63) is 60.2 Å². The van der Waals surface area contributed by atoms with Crippen LogP contribution in [-0.4, -0.2) is 22.4 Å². The van der Waals surface area contributed by atoms with Crippen molar-refractivity contribution < 1.29 is 9.53 Å². The number of benzene rings is 1. The highest BCUT2D eigenvalue weighted by molar-refractivity contribution is 6.08. The maximum Gasteiger partial charge on any atom is 0.276 e. The quantitative estimate of drug-likeness (QED) is 0.803. The summed E-state index contributed by atoms with van der Waals surface area (Å²) in [6.07, 6.45) is 1.89. The van der Waals surface area contributed by atoms with Gasteiger partial charge in [-0.15, -0.1) is 0 Å². The molecular weight excluding hydrogens is 266 g/mol. The summed E-state index contributed by atoms with van der Waals surface area (Å²) in [7, 11) is 1.57. The predicted octanol–water partition coefficient (Wildman–Crippen LogP) is 2.90. The second-order valence-electron chi connectivity index (χ2n) is 4.62. The molecule has 2 aromatic heterocycles. The van der Waals surface area contributed by atoms with E-state index in [2.05, 4.69) is 10.3 Å². The Morgan fingerprint density at radius 2 is 1.95 bits per heavy atom. The Bertz CT molecular complexity index is 808. The van der Waals surface area contributed by atoms with Gasteiger partial charge in [-0.05, 0) is 31.2 Å². The van der Waals surface area contributed by atoms with E-state index in [-0.39, 0.29) is 5.91 Å². The lowest BCUT2D eigenvalue weighted by molar-refractivity contribution is 0.102. The molecule has 0 bridgehead atoms. The fraction of sp³-hybridized carbons (Fsp3) is 0.125. The van der Waals surface area contributed by atoms with Crippen LogP contribution >= 0.6 is 0 Å². The first kappa shape index (κ1) is 13.2. The molecule has 0 aliphatic rings. The summed E-state index contributed by atoms with van der Waals surface area (Å²) in [5.74, 6) is 1.14. The number of rotatable bonds is 3. The van der Waals surface area contributed by atoms with E-state index in [0.29, 0.717) is 17.1 Å². The monoisotopic (exact) mass is 281 g/mol. The number of ether oxygens (including phenoxy) is 1. The molecule has 5 heteroatoms. The molecule has 0 aliphatic heterocycles. The number of imidazole rings is 1. The van der Waals surface area contributed by atoms with Crippen LogP contribution in [0.3, 0.4) is 0 Å². The summed E-state index contributed by atoms with van der Waals surface area (Å²) < 4.78 is 7.12. The molecule has 0 saturated heterocycles. The van der Waals surface area contributed by atoms with Crippen molar-refractivity contribution in [1.29, 1.82) is 0 Å². The minimum absolute atomic E-state index is 0.253. The van der Waals surface area contributed by atoms with Gasteiger partial charge in [0, 0.05) is 6.20 Å². The predicted molar refractivity (Wildman–Crippen MR) is 80.9 cm³/mol. The molecule has 5 nitrogen and oxygen atoms in total. The molecule has 3 rings (SSSR count). The molecule has 0 aliphatic carbocycles. The minimum atomic E-state index is -0.253. The highest BCUT2D eigenvalue weighted by Crippen LogP contribution is 2.24. The molecule has 0 fully saturated rings. The van der Waals surface area contributed by atoms with Gasteiger partial charge in [0.2, 0.25) is 0 Å². The molecule has 1 aromatic carbocycles. The number of para-hydroxylation sites is 2. The number of hydrogen-bond donors (Lipinski definition) is 1. The van der Waals surface area contributed by atoms with E-state index in [1.165, 1.54) is 0 Å². The van der Waals surface area contributed by atoms with Gasteiger partial charge in [0.1, 0.15) is 11.6 Å². The molecule has 3 aromatic rings. The lowest BCUT2D eigenvalue weighted by Crippen LogP contribution is -2.13. The number of nitrogens with zero attached hydrogens (tertiary/aromatic N) is 2. The number of nitrogens with one attached hydrogen (secondary N) is 1. The van der Waals surface area contributed by atoms with Gasteiger partial charge in [0.15, 0.2) is 5.69 Å². The highest BCUT2D eigenvalue weighted by Gasteiger charge is 2.16. The molecule has 0 saturated carbocycles. The van der Waals surface area contributed by atoms with Crippen LogP contribution in [-0.2, 0) is 0 Å². The van der Waals surface area contributed by atoms with Crippen LogP contribution < -0.4 is 10.1 Å². The van der Waals surface area contributed by atoms with E-state index in [1.807, 2.05) is 47.9 Å². The average molecular weight is 281 g/mol. The van der Waals surface area contributed by atoms with Crippen molar-refractivity contribution in [2.45, 2.75) is 6.92 Å². The largest absolute Gasteiger partial charge is 0.495 e. The molecular formula is C16H15N3O2. The number of hydrogen-bond acceptors (Lipinski definition) is 3. The van der Waals surface area contributed by atoms with Gasteiger partial charge in [0.25, 0.3) is 5.91 Å². The Morgan fingerprint density at radius 3 is 2.76 bits per heavy atom. The fourth-order valence-corrected chi connectivity index (χ4v) is 2.29. The van der Waals surface area contributed by atoms with Gasteiger partial charge in [0.05, 0.1) is 18.3 Å². The van der Waals surface area contributed by atoms with Crippen molar-refractivity contribution in [2.75, 3.05) is 12.4 Å². The van der Waals surface area contributed by atoms with Crippen molar-refractivity contribution in [3.8, 4) is 5.75 Å². The summed E-state index contributed by atoms with van der Waals surface area (Å²) in [6.45, 7) is 1.87. The zero-order chi connectivity index (χ0) is 14.8. The smallest absolute Gasteiger partial charge is 0.276 e. The standard InChI is InChI=1S/C16H15N3O2/c1-11-17-15(13-8-5-6-10-19(11)13)16(20)18-12-7-3-4-9-14(12)21-2/h3-10H,1-2H3,(H,18,20). The number of carbonyl (C=O) groups excluding carboxylic acids is 1. The number of pyridine rings is 1. The molecule has 0 spiro atoms. The Morgan fingerprint density at radius 1 is 1.19 bits per heavy atom. The molecule has 1 N–H and O–H groups in total. The van der Waals surface area contributed by atoms with E-state index in [4.69, 9.17) is 4.74 Å². The second kappa shape index (κ2) is 5.28. The normalized spacial score (nSPS) is 10.6. The zero-order valence-corrected chi connectivity index (χ0v) is 11.8. The maximum atomic E-state index is 12.5. The van der Waals surface area contributed by atoms with Crippen LogP contribution in [0.25, 0.3) is 5.52 Å². The van der Waals surface area contributed by atoms with E-state index >= 15 is 0 Å². The Balaban J connectivity index is 1.98. The number of fused-ring (bicyclic) bond motifs is 1. The van der Waals surface area contributed by atoms with Crippen LogP contribution in [0.15, 0.2) is 48.7 Å². The van der Waals surface area contributed by atoms with Gasteiger partial charge in [-0.2, -0.15) is 0 Å². The van der Waals surface area contributed by atoms with Crippen molar-refractivity contribution in [2.24, 2.45) is 0 Å². The first-order valence-electron chi connectivity index (χ1n) is 6.59. The number of anilines is 1. The van der Waals surface area contributed by atoms with Gasteiger partial charge in [-0.25, -0.2) is 4.98 Å². The van der Waals surface area contributed by atoms with Gasteiger partial charge < -0.3 is 14.5 Å². The van der Waals surface area contributed by atoms with Crippen molar-refractivity contribution in [1.82, 2.24) is 9.38 Å². The van der Waals surface area contributed by atoms with E-state index in [1.54, 1.807) is 19.2 Å². The molecule has 0 unspecified atom stereocenters. The molecule has 0 radical (unpaired) electrons. The van der Waals surface area contributed by atoms with Gasteiger partial charge in [-0.1, -0.05) is 18.2 Å². The third kappa shape index (κ3) is 2.33.